The van der Waals surface area contributed by atoms with Crippen LogP contribution >= 0.6 is 15.9 Å². The second-order valence-electron chi connectivity index (χ2n) is 4.12. The molecule has 0 saturated heterocycles. The van der Waals surface area contributed by atoms with Gasteiger partial charge in [-0.15, -0.1) is 0 Å². The van der Waals surface area contributed by atoms with E-state index in [1.165, 1.54) is 7.11 Å². The highest BCUT2D eigenvalue weighted by atomic mass is 79.9. The van der Waals surface area contributed by atoms with Crippen LogP contribution in [-0.2, 0) is 9.53 Å². The van der Waals surface area contributed by atoms with Crippen LogP contribution in [-0.4, -0.2) is 20.2 Å². The Morgan fingerprint density at radius 2 is 2.12 bits per heavy atom. The zero-order valence-corrected chi connectivity index (χ0v) is 11.5. The molecule has 0 N–H and O–H groups in total. The molecule has 1 aliphatic rings. The molecule has 0 amide bonds. The second-order valence-corrected chi connectivity index (χ2v) is 5.04. The van der Waals surface area contributed by atoms with Crippen molar-refractivity contribution in [2.75, 3.05) is 14.2 Å². The third-order valence-corrected chi connectivity index (χ3v) is 3.85. The first-order valence-electron chi connectivity index (χ1n) is 5.57. The Hall–Kier alpha value is -1.03. The quantitative estimate of drug-likeness (QED) is 0.633. The van der Waals surface area contributed by atoms with Crippen LogP contribution < -0.4 is 4.74 Å². The highest BCUT2D eigenvalue weighted by molar-refractivity contribution is 9.09. The minimum absolute atomic E-state index is 0.278. The molecule has 1 saturated carbocycles. The van der Waals surface area contributed by atoms with E-state index in [-0.39, 0.29) is 5.97 Å². The summed E-state index contributed by atoms with van der Waals surface area (Å²) in [6.07, 6.45) is 2.32. The van der Waals surface area contributed by atoms with E-state index in [2.05, 4.69) is 15.9 Å². The van der Waals surface area contributed by atoms with Crippen molar-refractivity contribution in [1.82, 2.24) is 0 Å². The Bertz CT molecular complexity index is 427. The van der Waals surface area contributed by atoms with Crippen molar-refractivity contribution in [2.24, 2.45) is 0 Å². The number of hydrogen-bond donors (Lipinski definition) is 0. The molecule has 3 nitrogen and oxygen atoms in total. The largest absolute Gasteiger partial charge is 0.496 e. The summed E-state index contributed by atoms with van der Waals surface area (Å²) < 4.78 is 10.1. The monoisotopic (exact) mass is 298 g/mol. The molecule has 0 aliphatic heterocycles. The van der Waals surface area contributed by atoms with Crippen LogP contribution in [0.3, 0.4) is 0 Å². The van der Waals surface area contributed by atoms with Gasteiger partial charge in [-0.05, 0) is 30.4 Å². The third-order valence-electron chi connectivity index (χ3n) is 2.99. The molecule has 1 unspecified atom stereocenters. The summed E-state index contributed by atoms with van der Waals surface area (Å²) in [6, 6.07) is 5.79. The minimum atomic E-state index is -0.418. The van der Waals surface area contributed by atoms with Gasteiger partial charge in [-0.3, -0.25) is 4.79 Å². The highest BCUT2D eigenvalue weighted by Crippen LogP contribution is 2.48. The van der Waals surface area contributed by atoms with Crippen molar-refractivity contribution in [1.29, 1.82) is 0 Å². The Morgan fingerprint density at radius 1 is 1.41 bits per heavy atom. The van der Waals surface area contributed by atoms with Crippen molar-refractivity contribution in [3.8, 4) is 5.75 Å². The number of ether oxygens (including phenoxy) is 2. The lowest BCUT2D eigenvalue weighted by molar-refractivity contribution is -0.139. The summed E-state index contributed by atoms with van der Waals surface area (Å²) >= 11 is 3.39. The first kappa shape index (κ1) is 12.4. The molecule has 1 aliphatic carbocycles. The number of alkyl halides is 1. The standard InChI is InChI=1S/C13H15BrO3/c1-16-10-5-3-4-9(11(10)8-6-7-8)12(14)13(15)17-2/h3-5,8,12H,6-7H2,1-2H3. The maximum atomic E-state index is 11.6. The van der Waals surface area contributed by atoms with Gasteiger partial charge >= 0.3 is 5.97 Å². The number of methoxy groups -OCH3 is 2. The van der Waals surface area contributed by atoms with Gasteiger partial charge in [0.1, 0.15) is 10.6 Å². The van der Waals surface area contributed by atoms with E-state index in [4.69, 9.17) is 9.47 Å². The molecule has 0 bridgehead atoms. The molecule has 1 atom stereocenters. The molecule has 1 aromatic rings. The van der Waals surface area contributed by atoms with Gasteiger partial charge in [0.05, 0.1) is 14.2 Å². The zero-order valence-electron chi connectivity index (χ0n) is 9.90. The van der Waals surface area contributed by atoms with E-state index in [1.54, 1.807) is 7.11 Å². The van der Waals surface area contributed by atoms with Crippen LogP contribution in [0.1, 0.15) is 34.7 Å². The molecule has 2 rings (SSSR count). The number of carbonyl (C=O) groups excluding carboxylic acids is 1. The molecular weight excluding hydrogens is 284 g/mol. The van der Waals surface area contributed by atoms with E-state index < -0.39 is 4.83 Å². The average molecular weight is 299 g/mol. The van der Waals surface area contributed by atoms with Crippen LogP contribution in [0.15, 0.2) is 18.2 Å². The number of rotatable bonds is 4. The van der Waals surface area contributed by atoms with Crippen molar-refractivity contribution in [3.63, 3.8) is 0 Å². The molecule has 1 fully saturated rings. The molecule has 0 heterocycles. The predicted molar refractivity (Wildman–Crippen MR) is 68.7 cm³/mol. The first-order chi connectivity index (χ1) is 8.19. The van der Waals surface area contributed by atoms with Gasteiger partial charge in [0.25, 0.3) is 0 Å². The SMILES string of the molecule is COC(=O)C(Br)c1cccc(OC)c1C1CC1. The lowest BCUT2D eigenvalue weighted by atomic mass is 9.99. The van der Waals surface area contributed by atoms with Crippen molar-refractivity contribution < 1.29 is 14.3 Å². The fourth-order valence-corrected chi connectivity index (χ4v) is 2.59. The predicted octanol–water partition coefficient (Wildman–Crippen LogP) is 3.18. The summed E-state index contributed by atoms with van der Waals surface area (Å²) in [5.41, 5.74) is 2.10. The van der Waals surface area contributed by atoms with Crippen LogP contribution in [0.25, 0.3) is 0 Å². The number of benzene rings is 1. The average Bonchev–Trinajstić information content (AvgIpc) is 3.20. The minimum Gasteiger partial charge on any atom is -0.496 e. The third kappa shape index (κ3) is 2.46. The van der Waals surface area contributed by atoms with Gasteiger partial charge in [0, 0.05) is 5.56 Å². The van der Waals surface area contributed by atoms with E-state index in [1.807, 2.05) is 18.2 Å². The van der Waals surface area contributed by atoms with Gasteiger partial charge in [0.15, 0.2) is 0 Å². The van der Waals surface area contributed by atoms with Gasteiger partial charge < -0.3 is 9.47 Å². The zero-order chi connectivity index (χ0) is 12.4. The lowest BCUT2D eigenvalue weighted by Crippen LogP contribution is -2.10. The molecule has 0 aromatic heterocycles. The van der Waals surface area contributed by atoms with E-state index >= 15 is 0 Å². The Labute approximate surface area is 109 Å². The summed E-state index contributed by atoms with van der Waals surface area (Å²) in [6.45, 7) is 0. The Morgan fingerprint density at radius 3 is 2.65 bits per heavy atom. The molecule has 0 radical (unpaired) electrons. The summed E-state index contributed by atoms with van der Waals surface area (Å²) in [5.74, 6) is 1.10. The first-order valence-corrected chi connectivity index (χ1v) is 6.49. The van der Waals surface area contributed by atoms with E-state index in [9.17, 15) is 4.79 Å². The number of esters is 1. The normalized spacial score (nSPS) is 16.4. The fourth-order valence-electron chi connectivity index (χ4n) is 2.00. The van der Waals surface area contributed by atoms with E-state index in [0.29, 0.717) is 5.92 Å². The number of halogens is 1. The molecule has 92 valence electrons. The molecule has 1 aromatic carbocycles. The summed E-state index contributed by atoms with van der Waals surface area (Å²) in [4.78, 5) is 11.2. The lowest BCUT2D eigenvalue weighted by Gasteiger charge is -2.16. The molecular formula is C13H15BrO3. The Kier molecular flexibility index (Phi) is 3.72. The molecule has 0 spiro atoms. The van der Waals surface area contributed by atoms with Crippen LogP contribution in [0.5, 0.6) is 5.75 Å². The van der Waals surface area contributed by atoms with E-state index in [0.717, 1.165) is 29.7 Å². The highest BCUT2D eigenvalue weighted by Gasteiger charge is 2.32. The van der Waals surface area contributed by atoms with Gasteiger partial charge in [-0.25, -0.2) is 0 Å². The Balaban J connectivity index is 2.41. The van der Waals surface area contributed by atoms with Crippen molar-refractivity contribution in [2.45, 2.75) is 23.6 Å². The number of hydrogen-bond acceptors (Lipinski definition) is 3. The smallest absolute Gasteiger partial charge is 0.324 e. The second kappa shape index (κ2) is 5.08. The van der Waals surface area contributed by atoms with Gasteiger partial charge in [0.2, 0.25) is 0 Å². The molecule has 17 heavy (non-hydrogen) atoms. The maximum Gasteiger partial charge on any atom is 0.324 e. The topological polar surface area (TPSA) is 35.5 Å². The van der Waals surface area contributed by atoms with Crippen LogP contribution in [0.2, 0.25) is 0 Å². The van der Waals surface area contributed by atoms with Crippen molar-refractivity contribution >= 4 is 21.9 Å². The van der Waals surface area contributed by atoms with Crippen molar-refractivity contribution in [3.05, 3.63) is 29.3 Å². The van der Waals surface area contributed by atoms with Crippen LogP contribution in [0.4, 0.5) is 0 Å². The van der Waals surface area contributed by atoms with Crippen LogP contribution in [0, 0.1) is 0 Å². The van der Waals surface area contributed by atoms with Gasteiger partial charge in [-0.1, -0.05) is 28.1 Å². The fraction of sp³-hybridized carbons (Fsp3) is 0.462. The van der Waals surface area contributed by atoms with Gasteiger partial charge in [-0.2, -0.15) is 0 Å². The number of carbonyl (C=O) groups is 1. The summed E-state index contributed by atoms with van der Waals surface area (Å²) in [5, 5.41) is 0. The summed E-state index contributed by atoms with van der Waals surface area (Å²) in [7, 11) is 3.06. The molecule has 4 heteroatoms. The maximum absolute atomic E-state index is 11.6.